The van der Waals surface area contributed by atoms with E-state index in [1.54, 1.807) is 6.07 Å². The van der Waals surface area contributed by atoms with E-state index in [0.29, 0.717) is 22.0 Å². The number of benzene rings is 2. The number of halogens is 2. The number of hydrogen-bond acceptors (Lipinski definition) is 2. The minimum atomic E-state index is -1.18. The molecule has 5 heteroatoms. The maximum atomic E-state index is 13.1. The van der Waals surface area contributed by atoms with E-state index < -0.39 is 10.8 Å². The summed E-state index contributed by atoms with van der Waals surface area (Å²) in [6.07, 6.45) is 0. The molecule has 0 saturated heterocycles. The summed E-state index contributed by atoms with van der Waals surface area (Å²) in [4.78, 5) is 0. The highest BCUT2D eigenvalue weighted by molar-refractivity contribution is 7.83. The van der Waals surface area contributed by atoms with Crippen molar-refractivity contribution in [3.05, 3.63) is 64.4 Å². The maximum Gasteiger partial charge on any atom is 0.123 e. The Morgan fingerprint density at radius 2 is 1.79 bits per heavy atom. The molecule has 0 fully saturated rings. The highest BCUT2D eigenvalue weighted by Crippen LogP contribution is 2.20. The summed E-state index contributed by atoms with van der Waals surface area (Å²) in [5.41, 5.74) is 7.56. The van der Waals surface area contributed by atoms with Gasteiger partial charge in [-0.25, -0.2) is 4.39 Å². The van der Waals surface area contributed by atoms with Crippen LogP contribution in [0.4, 0.5) is 10.1 Å². The van der Waals surface area contributed by atoms with Gasteiger partial charge in [0.25, 0.3) is 0 Å². The quantitative estimate of drug-likeness (QED) is 0.878. The van der Waals surface area contributed by atoms with E-state index in [4.69, 9.17) is 17.3 Å². The molecule has 0 saturated carbocycles. The monoisotopic (exact) mass is 297 g/mol. The van der Waals surface area contributed by atoms with Crippen LogP contribution >= 0.6 is 11.6 Å². The molecular formula is C14H13ClFNOS. The molecule has 2 rings (SSSR count). The predicted octanol–water partition coefficient (Wildman–Crippen LogP) is 3.51. The summed E-state index contributed by atoms with van der Waals surface area (Å²) in [6, 6.07) is 11.3. The van der Waals surface area contributed by atoms with Gasteiger partial charge in [0.15, 0.2) is 0 Å². The minimum Gasteiger partial charge on any atom is -0.398 e. The van der Waals surface area contributed by atoms with Crippen molar-refractivity contribution in [3.8, 4) is 0 Å². The van der Waals surface area contributed by atoms with E-state index in [0.717, 1.165) is 5.56 Å². The van der Waals surface area contributed by atoms with E-state index in [9.17, 15) is 8.60 Å². The van der Waals surface area contributed by atoms with Crippen LogP contribution in [-0.2, 0) is 22.3 Å². The largest absolute Gasteiger partial charge is 0.398 e. The van der Waals surface area contributed by atoms with E-state index in [-0.39, 0.29) is 11.6 Å². The Kier molecular flexibility index (Phi) is 4.56. The molecule has 0 amide bonds. The number of nitrogens with two attached hydrogens (primary N) is 1. The summed E-state index contributed by atoms with van der Waals surface area (Å²) in [5, 5.41) is 0.586. The summed E-state index contributed by atoms with van der Waals surface area (Å²) in [6.45, 7) is 0. The van der Waals surface area contributed by atoms with Crippen LogP contribution in [0.3, 0.4) is 0 Å². The van der Waals surface area contributed by atoms with Crippen LogP contribution in [0.2, 0.25) is 5.02 Å². The first-order valence-electron chi connectivity index (χ1n) is 5.68. The van der Waals surface area contributed by atoms with Gasteiger partial charge in [0, 0.05) is 21.5 Å². The first-order valence-corrected chi connectivity index (χ1v) is 7.55. The van der Waals surface area contributed by atoms with Crippen molar-refractivity contribution in [2.24, 2.45) is 0 Å². The molecule has 0 heterocycles. The Morgan fingerprint density at radius 1 is 1.11 bits per heavy atom. The minimum absolute atomic E-state index is 0.217. The van der Waals surface area contributed by atoms with E-state index in [2.05, 4.69) is 0 Å². The number of rotatable bonds is 4. The lowest BCUT2D eigenvalue weighted by Gasteiger charge is -2.07. The number of anilines is 1. The van der Waals surface area contributed by atoms with Crippen LogP contribution in [0, 0.1) is 5.82 Å². The average Bonchev–Trinajstić information content (AvgIpc) is 2.37. The van der Waals surface area contributed by atoms with Gasteiger partial charge in [0.2, 0.25) is 0 Å². The zero-order valence-corrected chi connectivity index (χ0v) is 11.7. The molecule has 0 aromatic heterocycles. The Labute approximate surface area is 118 Å². The third kappa shape index (κ3) is 3.78. The highest BCUT2D eigenvalue weighted by atomic mass is 35.5. The average molecular weight is 298 g/mol. The van der Waals surface area contributed by atoms with E-state index >= 15 is 0 Å². The van der Waals surface area contributed by atoms with Gasteiger partial charge >= 0.3 is 0 Å². The molecule has 2 N–H and O–H groups in total. The van der Waals surface area contributed by atoms with Crippen LogP contribution in [0.5, 0.6) is 0 Å². The van der Waals surface area contributed by atoms with Crippen molar-refractivity contribution < 1.29 is 8.60 Å². The highest BCUT2D eigenvalue weighted by Gasteiger charge is 2.09. The van der Waals surface area contributed by atoms with Crippen LogP contribution in [0.1, 0.15) is 11.1 Å². The van der Waals surface area contributed by atoms with Gasteiger partial charge in [-0.1, -0.05) is 29.8 Å². The standard InChI is InChI=1S/C14H13ClFNOS/c15-13-4-2-1-3-10(13)8-19(18)9-11-7-12(16)5-6-14(11)17/h1-7H,8-9,17H2. The first kappa shape index (κ1) is 14.0. The Hall–Kier alpha value is -1.39. The van der Waals surface area contributed by atoms with E-state index in [1.165, 1.54) is 18.2 Å². The van der Waals surface area contributed by atoms with Gasteiger partial charge in [-0.05, 0) is 35.4 Å². The van der Waals surface area contributed by atoms with Crippen molar-refractivity contribution >= 4 is 28.1 Å². The van der Waals surface area contributed by atoms with Crippen molar-refractivity contribution in [2.45, 2.75) is 11.5 Å². The third-order valence-corrected chi connectivity index (χ3v) is 4.33. The number of hydrogen-bond donors (Lipinski definition) is 1. The van der Waals surface area contributed by atoms with Crippen molar-refractivity contribution in [1.82, 2.24) is 0 Å². The maximum absolute atomic E-state index is 13.1. The summed E-state index contributed by atoms with van der Waals surface area (Å²) < 4.78 is 25.2. The van der Waals surface area contributed by atoms with Gasteiger partial charge in [-0.15, -0.1) is 0 Å². The van der Waals surface area contributed by atoms with Gasteiger partial charge in [0.1, 0.15) is 5.82 Å². The fourth-order valence-electron chi connectivity index (χ4n) is 1.71. The van der Waals surface area contributed by atoms with Crippen molar-refractivity contribution in [2.75, 3.05) is 5.73 Å². The normalized spacial score (nSPS) is 12.3. The predicted molar refractivity (Wildman–Crippen MR) is 77.8 cm³/mol. The lowest BCUT2D eigenvalue weighted by molar-refractivity contribution is 0.626. The lowest BCUT2D eigenvalue weighted by atomic mass is 10.2. The molecule has 0 bridgehead atoms. The lowest BCUT2D eigenvalue weighted by Crippen LogP contribution is -2.03. The third-order valence-electron chi connectivity index (χ3n) is 2.70. The molecule has 2 aromatic carbocycles. The van der Waals surface area contributed by atoms with Crippen LogP contribution in [0.15, 0.2) is 42.5 Å². The molecule has 1 atom stereocenters. The molecule has 100 valence electrons. The second-order valence-electron chi connectivity index (χ2n) is 4.16. The van der Waals surface area contributed by atoms with Crippen molar-refractivity contribution in [3.63, 3.8) is 0 Å². The van der Waals surface area contributed by atoms with Gasteiger partial charge in [-0.3, -0.25) is 4.21 Å². The molecule has 0 aliphatic heterocycles. The molecule has 0 aliphatic carbocycles. The summed E-state index contributed by atoms with van der Waals surface area (Å²) in [7, 11) is -1.18. The SMILES string of the molecule is Nc1ccc(F)cc1CS(=O)Cc1ccccc1Cl. The number of nitrogen functional groups attached to an aromatic ring is 1. The molecule has 0 aliphatic rings. The second kappa shape index (κ2) is 6.17. The van der Waals surface area contributed by atoms with Gasteiger partial charge in [-0.2, -0.15) is 0 Å². The molecule has 0 radical (unpaired) electrons. The molecule has 1 unspecified atom stereocenters. The van der Waals surface area contributed by atoms with Crippen LogP contribution < -0.4 is 5.73 Å². The summed E-state index contributed by atoms with van der Waals surface area (Å²) >= 11 is 6.01. The van der Waals surface area contributed by atoms with E-state index in [1.807, 2.05) is 18.2 Å². The molecular weight excluding hydrogens is 285 g/mol. The Balaban J connectivity index is 2.10. The Morgan fingerprint density at radius 3 is 2.53 bits per heavy atom. The molecule has 2 nitrogen and oxygen atoms in total. The van der Waals surface area contributed by atoms with Gasteiger partial charge in [0.05, 0.1) is 11.5 Å². The fraction of sp³-hybridized carbons (Fsp3) is 0.143. The smallest absolute Gasteiger partial charge is 0.123 e. The fourth-order valence-corrected chi connectivity index (χ4v) is 3.29. The first-order chi connectivity index (χ1) is 9.06. The topological polar surface area (TPSA) is 43.1 Å². The molecule has 19 heavy (non-hydrogen) atoms. The zero-order valence-electron chi connectivity index (χ0n) is 10.1. The molecule has 0 spiro atoms. The zero-order chi connectivity index (χ0) is 13.8. The summed E-state index contributed by atoms with van der Waals surface area (Å²) in [5.74, 6) is 0.170. The van der Waals surface area contributed by atoms with Crippen LogP contribution in [-0.4, -0.2) is 4.21 Å². The van der Waals surface area contributed by atoms with Crippen molar-refractivity contribution in [1.29, 1.82) is 0 Å². The van der Waals surface area contributed by atoms with Gasteiger partial charge < -0.3 is 5.73 Å². The van der Waals surface area contributed by atoms with Crippen LogP contribution in [0.25, 0.3) is 0 Å². The second-order valence-corrected chi connectivity index (χ2v) is 6.03. The molecule has 2 aromatic rings. The Bertz CT molecular complexity index is 618.